The largest absolute Gasteiger partial charge is 0.496 e. The van der Waals surface area contributed by atoms with Crippen LogP contribution < -0.4 is 64.5 Å². The normalized spacial score (nSPS) is 15.6. The second-order valence-electron chi connectivity index (χ2n) is 26.3. The van der Waals surface area contributed by atoms with Crippen molar-refractivity contribution < 1.29 is 87.2 Å². The van der Waals surface area contributed by atoms with E-state index < -0.39 is 138 Å². The SMILES string of the molecule is COc1cc(C(=O)N[C@@H](Cc2cn(C(=O)[C@@H](N)CCC(N)=O)c3ccccc23)C(=O)N[C@@H](C)C(=O)N[C@H](C(=O)NCC(=O)N[C@@H](Cc2cnc[nH]2)C(=O)N[C@@H](CC(C)C)C(=O)N[C@@H](CCSC)C(N)=O)C(C)C)ccc1CNC(=O)CN1CCN(CC(=O)O)CCN(CC(=O)O)CCN(CC(=O)O)CC1. The number of hydrogen-bond acceptors (Lipinski definition) is 22. The summed E-state index contributed by atoms with van der Waals surface area (Å²) in [6.45, 7) is 7.57. The van der Waals surface area contributed by atoms with Crippen molar-refractivity contribution in [2.75, 3.05) is 104 Å². The number of methoxy groups -OCH3 is 1. The van der Waals surface area contributed by atoms with Crippen LogP contribution in [0.5, 0.6) is 5.75 Å². The first-order valence-corrected chi connectivity index (χ1v) is 35.7. The van der Waals surface area contributed by atoms with Crippen molar-refractivity contribution in [1.29, 1.82) is 0 Å². The predicted molar refractivity (Wildman–Crippen MR) is 385 cm³/mol. The molecule has 1 aliphatic heterocycles. The number of ether oxygens (including phenoxy) is 1. The number of aliphatic carboxylic acids is 3. The van der Waals surface area contributed by atoms with E-state index in [2.05, 4.69) is 52.5 Å². The Hall–Kier alpha value is -10.1. The number of carboxylic acids is 3. The molecule has 105 heavy (non-hydrogen) atoms. The van der Waals surface area contributed by atoms with Gasteiger partial charge in [0.25, 0.3) is 5.91 Å². The van der Waals surface area contributed by atoms with Crippen LogP contribution in [0.25, 0.3) is 10.9 Å². The fraction of sp³-hybridized carbons (Fsp3) is 0.544. The fourth-order valence-electron chi connectivity index (χ4n) is 11.4. The minimum absolute atomic E-state index is 0.0323. The molecule has 2 aromatic heterocycles. The number of carboxylic acid groups (broad SMARTS) is 3. The lowest BCUT2D eigenvalue weighted by molar-refractivity contribution is -0.140. The third-order valence-corrected chi connectivity index (χ3v) is 17.8. The number of hydrogen-bond donors (Lipinski definition) is 15. The number of carbonyl (C=O) groups is 14. The van der Waals surface area contributed by atoms with Gasteiger partial charge in [-0.15, -0.1) is 0 Å². The fourth-order valence-corrected chi connectivity index (χ4v) is 11.9. The second-order valence-corrected chi connectivity index (χ2v) is 27.3. The number of amides is 10. The van der Waals surface area contributed by atoms with Gasteiger partial charge in [-0.25, -0.2) is 4.98 Å². The number of H-pyrrole nitrogens is 1. The maximum atomic E-state index is 14.7. The van der Waals surface area contributed by atoms with Gasteiger partial charge in [0.15, 0.2) is 0 Å². The van der Waals surface area contributed by atoms with Crippen LogP contribution in [0, 0.1) is 11.8 Å². The summed E-state index contributed by atoms with van der Waals surface area (Å²) >= 11 is 1.45. The molecule has 0 spiro atoms. The lowest BCUT2D eigenvalue weighted by Gasteiger charge is -2.32. The van der Waals surface area contributed by atoms with Crippen LogP contribution in [0.1, 0.15) is 92.3 Å². The Morgan fingerprint density at radius 1 is 0.619 bits per heavy atom. The molecule has 1 saturated heterocycles. The Morgan fingerprint density at radius 3 is 1.71 bits per heavy atom. The zero-order valence-corrected chi connectivity index (χ0v) is 60.9. The molecular weight excluding hydrogens is 1390 g/mol. The molecule has 0 bridgehead atoms. The van der Waals surface area contributed by atoms with Crippen LogP contribution in [0.4, 0.5) is 0 Å². The summed E-state index contributed by atoms with van der Waals surface area (Å²) in [7, 11) is 1.33. The number of thioether (sulfide) groups is 1. The minimum atomic E-state index is -1.52. The van der Waals surface area contributed by atoms with Crippen molar-refractivity contribution in [3.8, 4) is 5.75 Å². The zero-order chi connectivity index (χ0) is 77.6. The molecule has 18 N–H and O–H groups in total. The van der Waals surface area contributed by atoms with Gasteiger partial charge >= 0.3 is 17.9 Å². The molecule has 576 valence electrons. The number of para-hydroxylation sites is 1. The molecule has 4 aromatic rings. The van der Waals surface area contributed by atoms with Crippen LogP contribution in [0.2, 0.25) is 0 Å². The Bertz CT molecular complexity index is 3650. The predicted octanol–water partition coefficient (Wildman–Crippen LogP) is -3.22. The van der Waals surface area contributed by atoms with E-state index in [9.17, 15) is 82.4 Å². The Balaban J connectivity index is 1.33. The van der Waals surface area contributed by atoms with Crippen molar-refractivity contribution in [3.63, 3.8) is 0 Å². The number of nitrogens with two attached hydrogens (primary N) is 3. The average molecular weight is 1490 g/mol. The molecule has 0 aliphatic carbocycles. The number of nitrogens with one attached hydrogen (secondary N) is 9. The van der Waals surface area contributed by atoms with Crippen LogP contribution in [0.15, 0.2) is 61.2 Å². The number of aromatic amines is 1. The molecule has 5 rings (SSSR count). The maximum absolute atomic E-state index is 14.7. The summed E-state index contributed by atoms with van der Waals surface area (Å²) in [6, 6.07) is 2.00. The number of nitrogens with zero attached hydrogens (tertiary/aromatic N) is 6. The van der Waals surface area contributed by atoms with Gasteiger partial charge in [0.1, 0.15) is 42.0 Å². The molecule has 0 saturated carbocycles. The lowest BCUT2D eigenvalue weighted by atomic mass is 10.0. The Kier molecular flexibility index (Phi) is 34.7. The van der Waals surface area contributed by atoms with Crippen molar-refractivity contribution in [3.05, 3.63) is 83.6 Å². The van der Waals surface area contributed by atoms with Gasteiger partial charge < -0.3 is 84.8 Å². The van der Waals surface area contributed by atoms with E-state index in [1.54, 1.807) is 57.7 Å². The van der Waals surface area contributed by atoms with E-state index >= 15 is 0 Å². The average Bonchev–Trinajstić information content (AvgIpc) is 1.64. The molecule has 36 nitrogen and oxygen atoms in total. The number of imidazole rings is 1. The molecule has 2 aromatic carbocycles. The first kappa shape index (κ1) is 85.6. The highest BCUT2D eigenvalue weighted by molar-refractivity contribution is 7.98. The third kappa shape index (κ3) is 28.8. The summed E-state index contributed by atoms with van der Waals surface area (Å²) in [5.74, 6) is -11.6. The van der Waals surface area contributed by atoms with Gasteiger partial charge in [0, 0.05) is 113 Å². The highest BCUT2D eigenvalue weighted by Gasteiger charge is 2.34. The number of aromatic nitrogens is 3. The summed E-state index contributed by atoms with van der Waals surface area (Å²) in [6.07, 6.45) is 5.76. The second kappa shape index (κ2) is 42.6. The first-order chi connectivity index (χ1) is 49.7. The van der Waals surface area contributed by atoms with E-state index in [1.807, 2.05) is 20.1 Å². The molecular formula is C68H100N18O18S. The molecule has 7 atom stereocenters. The smallest absolute Gasteiger partial charge is 0.317 e. The molecule has 37 heteroatoms. The van der Waals surface area contributed by atoms with Gasteiger partial charge in [-0.05, 0) is 73.8 Å². The number of primary amides is 2. The minimum Gasteiger partial charge on any atom is -0.496 e. The lowest BCUT2D eigenvalue weighted by Crippen LogP contribution is -2.59. The van der Waals surface area contributed by atoms with Crippen LogP contribution in [0.3, 0.4) is 0 Å². The summed E-state index contributed by atoms with van der Waals surface area (Å²) in [4.78, 5) is 199. The number of fused-ring (bicyclic) bond motifs is 1. The van der Waals surface area contributed by atoms with Gasteiger partial charge in [0.05, 0.1) is 57.7 Å². The molecule has 0 unspecified atom stereocenters. The van der Waals surface area contributed by atoms with Gasteiger partial charge in [-0.1, -0.05) is 52.0 Å². The monoisotopic (exact) mass is 1490 g/mol. The van der Waals surface area contributed by atoms with Crippen molar-refractivity contribution in [2.45, 2.75) is 122 Å². The molecule has 0 radical (unpaired) electrons. The number of benzene rings is 2. The third-order valence-electron chi connectivity index (χ3n) is 17.2. The van der Waals surface area contributed by atoms with E-state index in [0.717, 1.165) is 0 Å². The summed E-state index contributed by atoms with van der Waals surface area (Å²) in [5, 5.41) is 50.5. The van der Waals surface area contributed by atoms with Crippen LogP contribution in [-0.4, -0.2) is 279 Å². The van der Waals surface area contributed by atoms with E-state index in [4.69, 9.17) is 21.9 Å². The van der Waals surface area contributed by atoms with Crippen molar-refractivity contribution in [1.82, 2.24) is 76.7 Å². The van der Waals surface area contributed by atoms with Gasteiger partial charge in [-0.3, -0.25) is 91.3 Å². The number of rotatable bonds is 40. The van der Waals surface area contributed by atoms with Crippen LogP contribution >= 0.6 is 11.8 Å². The van der Waals surface area contributed by atoms with Crippen molar-refractivity contribution in [2.24, 2.45) is 29.0 Å². The first-order valence-electron chi connectivity index (χ1n) is 34.3. The molecule has 1 fully saturated rings. The summed E-state index contributed by atoms with van der Waals surface area (Å²) < 4.78 is 6.94. The zero-order valence-electron chi connectivity index (χ0n) is 60.1. The Morgan fingerprint density at radius 2 is 1.18 bits per heavy atom. The highest BCUT2D eigenvalue weighted by atomic mass is 32.2. The number of carbonyl (C=O) groups excluding carboxylic acids is 11. The van der Waals surface area contributed by atoms with Gasteiger partial charge in [-0.2, -0.15) is 11.8 Å². The Labute approximate surface area is 611 Å². The van der Waals surface area contributed by atoms with E-state index in [0.29, 0.717) is 33.5 Å². The van der Waals surface area contributed by atoms with Crippen molar-refractivity contribution >= 4 is 106 Å². The quantitative estimate of drug-likeness (QED) is 0.0208. The molecule has 10 amide bonds. The van der Waals surface area contributed by atoms with E-state index in [-0.39, 0.29) is 141 Å². The highest BCUT2D eigenvalue weighted by Crippen LogP contribution is 2.25. The molecule has 1 aliphatic rings. The van der Waals surface area contributed by atoms with Crippen LogP contribution in [-0.2, 0) is 76.9 Å². The topological polar surface area (TPSA) is 530 Å². The maximum Gasteiger partial charge on any atom is 0.317 e. The van der Waals surface area contributed by atoms with Gasteiger partial charge in [0.2, 0.25) is 59.1 Å². The molecule has 3 heterocycles. The summed E-state index contributed by atoms with van der Waals surface area (Å²) in [5.41, 5.74) is 18.7. The van der Waals surface area contributed by atoms with E-state index in [1.165, 1.54) is 67.3 Å². The standard InChI is InChI=1S/C68H100N18O18S/c1-39(2)26-49(65(100)78-48(61(71)96)16-25-105-7)80-66(101)51(29-45-31-72-38-75-45)77-55(88)32-74-67(102)60(40(3)4)81-62(97)41(5)76-64(99)50(27-44-33-86(52-11-9-8-10-46(44)52)68(103)47(69)14-15-54(70)87)79-63(98)42-12-13-43(53(28-42)104-6)30-73-56(89)34-82-17-19-83(35-57(90)91)21-23-85(37-59(94)95)24-22-84(20-18-82)36-58(92)93/h8-13,28,31,33,38-41,47-51,60H,14-27,29-30,32,34-37,69H2,1-7H3,(H2,70,87)(H2,71,96)(H,72,75)(H,73,89)(H,74,102)(H,76,99)(H,77,88)(H,78,100)(H,79,98)(H,80,101)(H,81,97)(H,90,91)(H,92,93)(H,94,95)/t41-,47-,48-,49-,50-,51-,60-/m0/s1.